The highest BCUT2D eigenvalue weighted by atomic mass is 35.5. The number of benzene rings is 1. The number of ether oxygens (including phenoxy) is 1. The van der Waals surface area contributed by atoms with Crippen LogP contribution in [0.4, 0.5) is 0 Å². The van der Waals surface area contributed by atoms with Crippen LogP contribution in [-0.2, 0) is 16.1 Å². The predicted molar refractivity (Wildman–Crippen MR) is 72.1 cm³/mol. The van der Waals surface area contributed by atoms with E-state index in [1.54, 1.807) is 9.47 Å². The molecule has 1 aliphatic heterocycles. The Labute approximate surface area is 115 Å². The smallest absolute Gasteiger partial charge is 0.242 e. The van der Waals surface area contributed by atoms with Crippen molar-refractivity contribution in [1.82, 2.24) is 14.5 Å². The Balaban J connectivity index is 1.84. The largest absolute Gasteiger partial charge is 0.378 e. The van der Waals surface area contributed by atoms with Crippen molar-refractivity contribution in [2.45, 2.75) is 6.54 Å². The summed E-state index contributed by atoms with van der Waals surface area (Å²) in [6.45, 7) is 2.71. The number of carbonyl (C=O) groups excluding carboxylic acids is 1. The lowest BCUT2D eigenvalue weighted by Gasteiger charge is -2.27. The van der Waals surface area contributed by atoms with Crippen molar-refractivity contribution in [3.63, 3.8) is 0 Å². The van der Waals surface area contributed by atoms with Crippen molar-refractivity contribution < 1.29 is 9.53 Å². The van der Waals surface area contributed by atoms with Gasteiger partial charge in [0.1, 0.15) is 6.54 Å². The number of rotatable bonds is 2. The minimum Gasteiger partial charge on any atom is -0.378 e. The number of halogens is 1. The first kappa shape index (κ1) is 12.4. The summed E-state index contributed by atoms with van der Waals surface area (Å²) < 4.78 is 6.98. The summed E-state index contributed by atoms with van der Waals surface area (Å²) in [4.78, 5) is 18.3. The van der Waals surface area contributed by atoms with Gasteiger partial charge in [-0.15, -0.1) is 0 Å². The molecule has 6 heteroatoms. The van der Waals surface area contributed by atoms with Gasteiger partial charge < -0.3 is 14.2 Å². The molecule has 3 rings (SSSR count). The van der Waals surface area contributed by atoms with E-state index in [1.165, 1.54) is 0 Å². The Bertz CT molecular complexity index is 605. The molecule has 0 radical (unpaired) electrons. The molecule has 0 atom stereocenters. The number of imidazole rings is 1. The molecule has 1 fully saturated rings. The van der Waals surface area contributed by atoms with Crippen LogP contribution in [0.5, 0.6) is 0 Å². The van der Waals surface area contributed by atoms with E-state index < -0.39 is 0 Å². The van der Waals surface area contributed by atoms with Gasteiger partial charge in [-0.25, -0.2) is 4.98 Å². The molecule has 100 valence electrons. The van der Waals surface area contributed by atoms with Gasteiger partial charge in [0.05, 0.1) is 24.2 Å². The maximum absolute atomic E-state index is 12.2. The second kappa shape index (κ2) is 5.19. The van der Waals surface area contributed by atoms with Gasteiger partial charge in [-0.2, -0.15) is 0 Å². The van der Waals surface area contributed by atoms with E-state index in [4.69, 9.17) is 16.3 Å². The van der Waals surface area contributed by atoms with E-state index in [0.717, 1.165) is 11.0 Å². The number of fused-ring (bicyclic) bond motifs is 1. The second-order valence-corrected chi connectivity index (χ2v) is 4.79. The molecule has 0 saturated carbocycles. The lowest BCUT2D eigenvalue weighted by molar-refractivity contribution is -0.135. The molecule has 0 spiro atoms. The van der Waals surface area contributed by atoms with Gasteiger partial charge in [0.25, 0.3) is 0 Å². The molecular weight excluding hydrogens is 266 g/mol. The molecule has 1 saturated heterocycles. The molecule has 0 unspecified atom stereocenters. The number of para-hydroxylation sites is 2. The van der Waals surface area contributed by atoms with Crippen molar-refractivity contribution in [1.29, 1.82) is 0 Å². The summed E-state index contributed by atoms with van der Waals surface area (Å²) in [5.41, 5.74) is 1.69. The van der Waals surface area contributed by atoms with Crippen molar-refractivity contribution in [2.24, 2.45) is 0 Å². The number of carbonyl (C=O) groups is 1. The zero-order chi connectivity index (χ0) is 13.2. The SMILES string of the molecule is O=C(Cn1c(Cl)nc2ccccc21)N1CCOCC1. The van der Waals surface area contributed by atoms with Gasteiger partial charge >= 0.3 is 0 Å². The molecule has 1 aromatic carbocycles. The minimum atomic E-state index is 0.0494. The number of nitrogens with zero attached hydrogens (tertiary/aromatic N) is 3. The van der Waals surface area contributed by atoms with E-state index in [9.17, 15) is 4.79 Å². The normalized spacial score (nSPS) is 15.9. The number of hydrogen-bond donors (Lipinski definition) is 0. The number of morpholine rings is 1. The molecule has 1 amide bonds. The standard InChI is InChI=1S/C13H14ClN3O2/c14-13-15-10-3-1-2-4-11(10)17(13)9-12(18)16-5-7-19-8-6-16/h1-4H,5-9H2. The fraction of sp³-hybridized carbons (Fsp3) is 0.385. The van der Waals surface area contributed by atoms with Crippen molar-refractivity contribution in [3.8, 4) is 0 Å². The average Bonchev–Trinajstić information content (AvgIpc) is 2.76. The summed E-state index contributed by atoms with van der Waals surface area (Å²) in [5.74, 6) is 0.0494. The van der Waals surface area contributed by atoms with Crippen LogP contribution < -0.4 is 0 Å². The third-order valence-corrected chi connectivity index (χ3v) is 3.55. The summed E-state index contributed by atoms with van der Waals surface area (Å²) >= 11 is 6.11. The molecular formula is C13H14ClN3O2. The van der Waals surface area contributed by atoms with Gasteiger partial charge in [0.2, 0.25) is 11.2 Å². The van der Waals surface area contributed by atoms with Crippen molar-refractivity contribution >= 4 is 28.5 Å². The Morgan fingerprint density at radius 2 is 2.05 bits per heavy atom. The quantitative estimate of drug-likeness (QED) is 0.838. The van der Waals surface area contributed by atoms with Crippen LogP contribution >= 0.6 is 11.6 Å². The van der Waals surface area contributed by atoms with Crippen LogP contribution in [0.25, 0.3) is 11.0 Å². The number of amides is 1. The first-order valence-corrected chi connectivity index (χ1v) is 6.60. The molecule has 1 aliphatic rings. The van der Waals surface area contributed by atoms with E-state index in [0.29, 0.717) is 31.6 Å². The first-order chi connectivity index (χ1) is 9.25. The molecule has 5 nitrogen and oxygen atoms in total. The second-order valence-electron chi connectivity index (χ2n) is 4.45. The van der Waals surface area contributed by atoms with Gasteiger partial charge in [-0.1, -0.05) is 12.1 Å². The summed E-state index contributed by atoms with van der Waals surface area (Å²) in [7, 11) is 0. The lowest BCUT2D eigenvalue weighted by Crippen LogP contribution is -2.42. The number of hydrogen-bond acceptors (Lipinski definition) is 3. The monoisotopic (exact) mass is 279 g/mol. The molecule has 0 aliphatic carbocycles. The first-order valence-electron chi connectivity index (χ1n) is 6.22. The Hall–Kier alpha value is -1.59. The Morgan fingerprint density at radius 1 is 1.32 bits per heavy atom. The third-order valence-electron chi connectivity index (χ3n) is 3.27. The molecule has 0 N–H and O–H groups in total. The third kappa shape index (κ3) is 2.43. The fourth-order valence-corrected chi connectivity index (χ4v) is 2.49. The van der Waals surface area contributed by atoms with E-state index in [1.807, 2.05) is 24.3 Å². The average molecular weight is 280 g/mol. The minimum absolute atomic E-state index is 0.0494. The summed E-state index contributed by atoms with van der Waals surface area (Å²) in [6.07, 6.45) is 0. The van der Waals surface area contributed by atoms with E-state index in [2.05, 4.69) is 4.98 Å². The zero-order valence-corrected chi connectivity index (χ0v) is 11.1. The van der Waals surface area contributed by atoms with Crippen molar-refractivity contribution in [2.75, 3.05) is 26.3 Å². The predicted octanol–water partition coefficient (Wildman–Crippen LogP) is 1.55. The van der Waals surface area contributed by atoms with E-state index >= 15 is 0 Å². The Morgan fingerprint density at radius 3 is 2.84 bits per heavy atom. The van der Waals surface area contributed by atoms with Crippen LogP contribution in [-0.4, -0.2) is 46.7 Å². The van der Waals surface area contributed by atoms with Gasteiger partial charge in [0, 0.05) is 13.1 Å². The number of aromatic nitrogens is 2. The maximum atomic E-state index is 12.2. The highest BCUT2D eigenvalue weighted by Crippen LogP contribution is 2.19. The lowest BCUT2D eigenvalue weighted by atomic mass is 10.3. The zero-order valence-electron chi connectivity index (χ0n) is 10.4. The van der Waals surface area contributed by atoms with Crippen LogP contribution in [0.3, 0.4) is 0 Å². The topological polar surface area (TPSA) is 47.4 Å². The molecule has 0 bridgehead atoms. The van der Waals surface area contributed by atoms with Gasteiger partial charge in [0.15, 0.2) is 0 Å². The highest BCUT2D eigenvalue weighted by molar-refractivity contribution is 6.29. The highest BCUT2D eigenvalue weighted by Gasteiger charge is 2.19. The molecule has 2 heterocycles. The summed E-state index contributed by atoms with van der Waals surface area (Å²) in [6, 6.07) is 7.62. The van der Waals surface area contributed by atoms with Crippen molar-refractivity contribution in [3.05, 3.63) is 29.5 Å². The van der Waals surface area contributed by atoms with E-state index in [-0.39, 0.29) is 12.5 Å². The molecule has 1 aromatic heterocycles. The summed E-state index contributed by atoms with van der Waals surface area (Å²) in [5, 5.41) is 0.350. The Kier molecular flexibility index (Phi) is 3.40. The molecule has 19 heavy (non-hydrogen) atoms. The van der Waals surface area contributed by atoms with Crippen LogP contribution in [0.1, 0.15) is 0 Å². The van der Waals surface area contributed by atoms with Gasteiger partial charge in [-0.05, 0) is 23.7 Å². The van der Waals surface area contributed by atoms with Crippen LogP contribution in [0.2, 0.25) is 5.28 Å². The molecule has 2 aromatic rings. The van der Waals surface area contributed by atoms with Crippen LogP contribution in [0, 0.1) is 0 Å². The van der Waals surface area contributed by atoms with Crippen LogP contribution in [0.15, 0.2) is 24.3 Å². The fourth-order valence-electron chi connectivity index (χ4n) is 2.24. The van der Waals surface area contributed by atoms with Gasteiger partial charge in [-0.3, -0.25) is 4.79 Å². The maximum Gasteiger partial charge on any atom is 0.242 e.